The third-order valence-electron chi connectivity index (χ3n) is 10.5. The number of aliphatic hydroxyl groups excluding tert-OH is 1. The van der Waals surface area contributed by atoms with Crippen molar-refractivity contribution in [3.8, 4) is 5.75 Å². The van der Waals surface area contributed by atoms with Crippen molar-refractivity contribution < 1.29 is 38.2 Å². The number of carboxylic acid groups (broad SMARTS) is 1. The Balaban J connectivity index is 1.36. The minimum atomic E-state index is -2.25. The fourth-order valence-corrected chi connectivity index (χ4v) is 8.71. The Kier molecular flexibility index (Phi) is 5.53. The molecule has 1 aliphatic heterocycles. The minimum Gasteiger partial charge on any atom is -0.497 e. The summed E-state index contributed by atoms with van der Waals surface area (Å²) in [6, 6.07) is 7.41. The molecular weight excluding hydrogens is 496 g/mol. The number of carboxylic acids is 1. The molecule has 2 N–H and O–H groups in total. The summed E-state index contributed by atoms with van der Waals surface area (Å²) in [7, 11) is 1.58. The van der Waals surface area contributed by atoms with Crippen LogP contribution in [0.2, 0.25) is 0 Å². The number of fused-ring (bicyclic) bond motifs is 7. The zero-order valence-electron chi connectivity index (χ0n) is 21.7. The van der Waals surface area contributed by atoms with Gasteiger partial charge in [0.05, 0.1) is 13.2 Å². The predicted octanol–water partition coefficient (Wildman–Crippen LogP) is 3.81. The molecule has 1 saturated heterocycles. The highest BCUT2D eigenvalue weighted by molar-refractivity contribution is 6.01. The molecule has 9 heteroatoms. The van der Waals surface area contributed by atoms with Crippen LogP contribution in [0.5, 0.6) is 5.75 Å². The first-order valence-electron chi connectivity index (χ1n) is 13.2. The number of hydrogen-bond acceptors (Lipinski definition) is 6. The summed E-state index contributed by atoms with van der Waals surface area (Å²) >= 11 is 0. The van der Waals surface area contributed by atoms with Gasteiger partial charge in [0.1, 0.15) is 11.9 Å². The number of aliphatic carboxylic acids is 1. The lowest BCUT2D eigenvalue weighted by molar-refractivity contribution is -0.275. The van der Waals surface area contributed by atoms with Gasteiger partial charge in [0.15, 0.2) is 17.1 Å². The lowest BCUT2D eigenvalue weighted by Crippen LogP contribution is -2.70. The van der Waals surface area contributed by atoms with Crippen molar-refractivity contribution in [2.45, 2.75) is 63.2 Å². The van der Waals surface area contributed by atoms with E-state index in [2.05, 4.69) is 0 Å². The maximum absolute atomic E-state index is 17.3. The number of nitrogens with zero attached hydrogens (tertiary/aromatic N) is 1. The number of alkyl halides is 2. The van der Waals surface area contributed by atoms with Gasteiger partial charge < -0.3 is 14.9 Å². The molecule has 9 atom stereocenters. The van der Waals surface area contributed by atoms with Crippen LogP contribution in [0.25, 0.3) is 0 Å². The molecular formula is C29H33F2NO6. The first kappa shape index (κ1) is 25.6. The van der Waals surface area contributed by atoms with Crippen molar-refractivity contribution in [2.24, 2.45) is 28.6 Å². The second kappa shape index (κ2) is 8.19. The van der Waals surface area contributed by atoms with E-state index in [1.54, 1.807) is 26.0 Å². The van der Waals surface area contributed by atoms with Crippen LogP contribution in [-0.4, -0.2) is 64.2 Å². The second-order valence-electron chi connectivity index (χ2n) is 12.1. The molecule has 0 amide bonds. The molecule has 4 fully saturated rings. The molecule has 7 nitrogen and oxygen atoms in total. The van der Waals surface area contributed by atoms with E-state index in [4.69, 9.17) is 9.57 Å². The lowest BCUT2D eigenvalue weighted by Gasteiger charge is -2.63. The van der Waals surface area contributed by atoms with Crippen LogP contribution in [0.15, 0.2) is 48.1 Å². The first-order valence-corrected chi connectivity index (χ1v) is 13.2. The minimum absolute atomic E-state index is 0.0551. The van der Waals surface area contributed by atoms with Gasteiger partial charge >= 0.3 is 5.97 Å². The molecule has 0 radical (unpaired) electrons. The van der Waals surface area contributed by atoms with Gasteiger partial charge in [-0.2, -0.15) is 5.06 Å². The van der Waals surface area contributed by atoms with E-state index in [-0.39, 0.29) is 18.4 Å². The van der Waals surface area contributed by atoms with Gasteiger partial charge in [0.2, 0.25) is 0 Å². The Labute approximate surface area is 220 Å². The van der Waals surface area contributed by atoms with Crippen LogP contribution in [0, 0.1) is 28.6 Å². The van der Waals surface area contributed by atoms with E-state index < -0.39 is 63.9 Å². The van der Waals surface area contributed by atoms with Crippen LogP contribution in [0.1, 0.15) is 38.7 Å². The SMILES string of the molecule is COc1ccc(CN2C[C@@H]3C[C@H]4[C@@H]5C[C@H](F)C6=CC(=O)C=C[C@]6(C)[C@@]5(F)[C@@H](O)C[C@]4(C)[C@]3(C(=O)O)O2)cc1. The molecule has 6 rings (SSSR count). The Bertz CT molecular complexity index is 1250. The molecule has 0 spiro atoms. The number of rotatable bonds is 4. The van der Waals surface area contributed by atoms with Crippen LogP contribution in [-0.2, 0) is 21.0 Å². The molecule has 4 aliphatic carbocycles. The van der Waals surface area contributed by atoms with Gasteiger partial charge in [-0.15, -0.1) is 0 Å². The number of allylic oxidation sites excluding steroid dienone is 4. The third kappa shape index (κ3) is 3.04. The number of halogens is 2. The number of benzene rings is 1. The van der Waals surface area contributed by atoms with Gasteiger partial charge in [-0.25, -0.2) is 13.6 Å². The summed E-state index contributed by atoms with van der Waals surface area (Å²) < 4.78 is 38.2. The molecule has 3 saturated carbocycles. The van der Waals surface area contributed by atoms with Crippen molar-refractivity contribution >= 4 is 11.8 Å². The maximum Gasteiger partial charge on any atom is 0.339 e. The average Bonchev–Trinajstić information content (AvgIpc) is 3.35. The van der Waals surface area contributed by atoms with E-state index in [0.29, 0.717) is 25.3 Å². The largest absolute Gasteiger partial charge is 0.497 e. The number of hydroxylamine groups is 2. The average molecular weight is 530 g/mol. The van der Waals surface area contributed by atoms with E-state index in [0.717, 1.165) is 11.6 Å². The zero-order chi connectivity index (χ0) is 27.3. The van der Waals surface area contributed by atoms with Crippen LogP contribution in [0.4, 0.5) is 8.78 Å². The number of carbonyl (C=O) groups excluding carboxylic acids is 1. The normalized spacial score (nSPS) is 45.6. The van der Waals surface area contributed by atoms with E-state index >= 15 is 8.78 Å². The number of ketones is 1. The van der Waals surface area contributed by atoms with Crippen LogP contribution < -0.4 is 4.74 Å². The monoisotopic (exact) mass is 529 g/mol. The number of methoxy groups -OCH3 is 1. The number of ether oxygens (including phenoxy) is 1. The quantitative estimate of drug-likeness (QED) is 0.612. The molecule has 204 valence electrons. The number of aliphatic hydroxyl groups is 1. The second-order valence-corrected chi connectivity index (χ2v) is 12.1. The fourth-order valence-electron chi connectivity index (χ4n) is 8.71. The standard InChI is InChI=1S/C29H33F2NO6/c1-26-9-8-18(33)11-22(26)23(30)12-21-20-10-17-15-32(14-16-4-6-19(37-3)7-5-16)38-29(17,25(35)36)27(20,2)13-24(34)28(21,26)31/h4-9,11,17,20-21,23-24,34H,10,12-15H2,1-3H3,(H,35,36)/t17-,20-,21-,23-,24-,26-,27-,28-,29-/m0/s1. The van der Waals surface area contributed by atoms with Gasteiger partial charge in [0, 0.05) is 35.8 Å². The highest BCUT2D eigenvalue weighted by Crippen LogP contribution is 2.72. The van der Waals surface area contributed by atoms with Gasteiger partial charge in [-0.05, 0) is 67.5 Å². The Morgan fingerprint density at radius 1 is 1.21 bits per heavy atom. The lowest BCUT2D eigenvalue weighted by atomic mass is 9.44. The summed E-state index contributed by atoms with van der Waals surface area (Å²) in [5.41, 5.74) is -5.59. The molecule has 1 aromatic carbocycles. The molecule has 5 aliphatic rings. The Morgan fingerprint density at radius 2 is 1.92 bits per heavy atom. The molecule has 0 aromatic heterocycles. The Morgan fingerprint density at radius 3 is 2.58 bits per heavy atom. The highest BCUT2D eigenvalue weighted by Gasteiger charge is 2.80. The third-order valence-corrected chi connectivity index (χ3v) is 10.5. The van der Waals surface area contributed by atoms with Gasteiger partial charge in [-0.1, -0.05) is 25.1 Å². The molecule has 38 heavy (non-hydrogen) atoms. The van der Waals surface area contributed by atoms with Crippen molar-refractivity contribution in [3.05, 3.63) is 53.6 Å². The molecule has 0 bridgehead atoms. The molecule has 1 aromatic rings. The van der Waals surface area contributed by atoms with Crippen LogP contribution in [0.3, 0.4) is 0 Å². The fraction of sp³-hybridized carbons (Fsp3) is 0.586. The topological polar surface area (TPSA) is 96.3 Å². The molecule has 0 unspecified atom stereocenters. The summed E-state index contributed by atoms with van der Waals surface area (Å²) in [4.78, 5) is 31.3. The number of hydrogen-bond donors (Lipinski definition) is 2. The van der Waals surface area contributed by atoms with Crippen molar-refractivity contribution in [2.75, 3.05) is 13.7 Å². The van der Waals surface area contributed by atoms with E-state index in [1.165, 1.54) is 12.2 Å². The van der Waals surface area contributed by atoms with E-state index in [1.807, 2.05) is 24.3 Å². The maximum atomic E-state index is 17.3. The summed E-state index contributed by atoms with van der Waals surface area (Å²) in [5.74, 6) is -2.77. The summed E-state index contributed by atoms with van der Waals surface area (Å²) in [6.07, 6.45) is 0.640. The van der Waals surface area contributed by atoms with Gasteiger partial charge in [0.25, 0.3) is 0 Å². The summed E-state index contributed by atoms with van der Waals surface area (Å²) in [6.45, 7) is 3.98. The smallest absolute Gasteiger partial charge is 0.339 e. The highest BCUT2D eigenvalue weighted by atomic mass is 19.1. The molecule has 1 heterocycles. The van der Waals surface area contributed by atoms with Crippen molar-refractivity contribution in [1.82, 2.24) is 5.06 Å². The first-order chi connectivity index (χ1) is 17.9. The van der Waals surface area contributed by atoms with Crippen molar-refractivity contribution in [1.29, 1.82) is 0 Å². The van der Waals surface area contributed by atoms with E-state index in [9.17, 15) is 19.8 Å². The Hall–Kier alpha value is -2.62. The zero-order valence-corrected chi connectivity index (χ0v) is 21.7. The van der Waals surface area contributed by atoms with Gasteiger partial charge in [-0.3, -0.25) is 9.63 Å². The van der Waals surface area contributed by atoms with Crippen LogP contribution >= 0.6 is 0 Å². The number of carbonyl (C=O) groups is 2. The van der Waals surface area contributed by atoms with Crippen molar-refractivity contribution in [3.63, 3.8) is 0 Å². The predicted molar refractivity (Wildman–Crippen MR) is 132 cm³/mol. The summed E-state index contributed by atoms with van der Waals surface area (Å²) in [5, 5.41) is 23.7.